The van der Waals surface area contributed by atoms with Gasteiger partial charge in [0.05, 0.1) is 0 Å². The lowest BCUT2D eigenvalue weighted by Crippen LogP contribution is -2.60. The second-order valence-electron chi connectivity index (χ2n) is 18.2. The van der Waals surface area contributed by atoms with Gasteiger partial charge in [0.25, 0.3) is 0 Å². The van der Waals surface area contributed by atoms with E-state index in [0.717, 1.165) is 10.9 Å². The number of hydrogen-bond donors (Lipinski definition) is 15. The van der Waals surface area contributed by atoms with Crippen molar-refractivity contribution in [1.82, 2.24) is 47.5 Å². The van der Waals surface area contributed by atoms with Gasteiger partial charge in [0.15, 0.2) is 11.9 Å². The number of aromatic amines is 1. The molecule has 414 valence electrons. The van der Waals surface area contributed by atoms with E-state index < -0.39 is 95.5 Å². The molecular formula is C49H71ClN16O10. The first-order valence-electron chi connectivity index (χ1n) is 24.9. The molecule has 2 heterocycles. The summed E-state index contributed by atoms with van der Waals surface area (Å²) in [5.41, 5.74) is 29.7. The van der Waals surface area contributed by atoms with Crippen molar-refractivity contribution in [3.8, 4) is 0 Å². The molecule has 0 spiro atoms. The van der Waals surface area contributed by atoms with E-state index in [9.17, 15) is 48.3 Å². The van der Waals surface area contributed by atoms with Crippen molar-refractivity contribution in [3.05, 3.63) is 70.9 Å². The molecule has 26 nitrogen and oxygen atoms in total. The first-order chi connectivity index (χ1) is 36.2. The third-order valence-corrected chi connectivity index (χ3v) is 12.4. The van der Waals surface area contributed by atoms with E-state index in [1.165, 1.54) is 6.92 Å². The van der Waals surface area contributed by atoms with Crippen LogP contribution in [0, 0.1) is 0 Å². The van der Waals surface area contributed by atoms with Gasteiger partial charge in [-0.1, -0.05) is 41.9 Å². The van der Waals surface area contributed by atoms with Gasteiger partial charge in [0.2, 0.25) is 47.3 Å². The Labute approximate surface area is 444 Å². The monoisotopic (exact) mass is 1080 g/mol. The van der Waals surface area contributed by atoms with E-state index in [1.807, 2.05) is 6.07 Å². The first-order valence-corrected chi connectivity index (χ1v) is 25.3. The number of para-hydroxylation sites is 1. The molecule has 4 rings (SSSR count). The van der Waals surface area contributed by atoms with Crippen LogP contribution in [0.5, 0.6) is 0 Å². The fourth-order valence-electron chi connectivity index (χ4n) is 8.28. The van der Waals surface area contributed by atoms with Crippen LogP contribution in [-0.2, 0) is 56.0 Å². The van der Waals surface area contributed by atoms with E-state index in [-0.39, 0.29) is 115 Å². The molecule has 8 amide bonds. The molecule has 2 aromatic carbocycles. The Morgan fingerprint density at radius 3 is 2.00 bits per heavy atom. The van der Waals surface area contributed by atoms with Crippen molar-refractivity contribution >= 4 is 87.6 Å². The number of aliphatic carboxylic acids is 1. The van der Waals surface area contributed by atoms with Crippen molar-refractivity contribution in [2.24, 2.45) is 38.7 Å². The quantitative estimate of drug-likeness (QED) is 0.0339. The topological polar surface area (TPSA) is 441 Å². The summed E-state index contributed by atoms with van der Waals surface area (Å²) in [6.07, 6.45) is 0.950. The standard InChI is InChI=1S/C49H71ClN16O10/c1-27(67)60-33(14-6-21-57-48(52)53)41(69)63-36-17-18-40(68)56-20-8-16-37(47(75)76)64-46(74)39(25-29-26-59-32-12-3-2-11-31(29)32)66-43(71)35(15-7-22-58-49(54)55)62-45(73)38(24-28-9-4-10-30(50)23-28)65-42(70)34(13-5-19-51)61-44(36)72/h2-4,9-12,23,26,33-39,59H,5-8,13-22,24-25,51H2,1H3,(H,56,68)(H,60,67)(H,61,72)(H,62,73)(H,63,69)(H,64,74)(H,65,70)(H,66,71)(H,75,76)(H4,52,53,57)(H4,54,55,58)/t33-,34-,35-,36-,37-,38+,39-/m0/s1. The van der Waals surface area contributed by atoms with E-state index in [2.05, 4.69) is 57.5 Å². The van der Waals surface area contributed by atoms with Gasteiger partial charge >= 0.3 is 5.97 Å². The van der Waals surface area contributed by atoms with Crippen LogP contribution in [0.1, 0.15) is 82.3 Å². The number of rotatable bonds is 19. The van der Waals surface area contributed by atoms with Crippen LogP contribution in [-0.4, -0.2) is 144 Å². The number of carbonyl (C=O) groups excluding carboxylic acids is 8. The molecule has 0 aliphatic carbocycles. The van der Waals surface area contributed by atoms with E-state index in [0.29, 0.717) is 16.1 Å². The predicted molar refractivity (Wildman–Crippen MR) is 284 cm³/mol. The van der Waals surface area contributed by atoms with Gasteiger partial charge in [0, 0.05) is 67.9 Å². The average molecular weight is 1080 g/mol. The Morgan fingerprint density at radius 1 is 0.750 bits per heavy atom. The minimum absolute atomic E-state index is 0.0297. The number of nitrogens with zero attached hydrogens (tertiary/aromatic N) is 2. The summed E-state index contributed by atoms with van der Waals surface area (Å²) in [5.74, 6) is -8.14. The van der Waals surface area contributed by atoms with E-state index >= 15 is 0 Å². The van der Waals surface area contributed by atoms with Gasteiger partial charge < -0.3 is 81.3 Å². The highest BCUT2D eigenvalue weighted by atomic mass is 35.5. The molecule has 1 saturated heterocycles. The lowest BCUT2D eigenvalue weighted by atomic mass is 10.0. The fraction of sp³-hybridized carbons (Fsp3) is 0.490. The summed E-state index contributed by atoms with van der Waals surface area (Å²) < 4.78 is 0. The maximum atomic E-state index is 14.7. The summed E-state index contributed by atoms with van der Waals surface area (Å²) in [5, 5.41) is 32.4. The molecular weight excluding hydrogens is 1010 g/mol. The summed E-state index contributed by atoms with van der Waals surface area (Å²) >= 11 is 6.34. The summed E-state index contributed by atoms with van der Waals surface area (Å²) in [4.78, 5) is 135. The molecule has 3 aromatic rings. The van der Waals surface area contributed by atoms with Gasteiger partial charge in [-0.15, -0.1) is 0 Å². The molecule has 7 atom stereocenters. The second-order valence-corrected chi connectivity index (χ2v) is 18.7. The number of carboxylic acid groups (broad SMARTS) is 1. The Morgan fingerprint density at radius 2 is 1.36 bits per heavy atom. The number of carbonyl (C=O) groups is 9. The summed E-state index contributed by atoms with van der Waals surface area (Å²) in [7, 11) is 0. The Kier molecular flexibility index (Phi) is 24.7. The zero-order valence-electron chi connectivity index (χ0n) is 42.3. The van der Waals surface area contributed by atoms with Crippen molar-refractivity contribution in [2.45, 2.75) is 126 Å². The van der Waals surface area contributed by atoms with Gasteiger partial charge in [0.1, 0.15) is 42.3 Å². The zero-order chi connectivity index (χ0) is 55.7. The van der Waals surface area contributed by atoms with Crippen LogP contribution in [0.3, 0.4) is 0 Å². The molecule has 0 radical (unpaired) electrons. The van der Waals surface area contributed by atoms with Crippen molar-refractivity contribution in [2.75, 3.05) is 26.2 Å². The molecule has 1 aromatic heterocycles. The summed E-state index contributed by atoms with van der Waals surface area (Å²) in [6, 6.07) is 3.81. The number of aromatic nitrogens is 1. The second kappa shape index (κ2) is 31.0. The highest BCUT2D eigenvalue weighted by Gasteiger charge is 2.35. The van der Waals surface area contributed by atoms with E-state index in [1.54, 1.807) is 48.7 Å². The van der Waals surface area contributed by atoms with Crippen LogP contribution in [0.4, 0.5) is 0 Å². The van der Waals surface area contributed by atoms with Crippen LogP contribution in [0.2, 0.25) is 5.02 Å². The molecule has 20 N–H and O–H groups in total. The largest absolute Gasteiger partial charge is 0.480 e. The number of H-pyrrole nitrogens is 1. The Hall–Kier alpha value is -8.00. The smallest absolute Gasteiger partial charge is 0.326 e. The third-order valence-electron chi connectivity index (χ3n) is 12.1. The van der Waals surface area contributed by atoms with Crippen LogP contribution in [0.25, 0.3) is 10.9 Å². The molecule has 1 aliphatic rings. The number of hydrogen-bond acceptors (Lipinski definition) is 12. The molecule has 76 heavy (non-hydrogen) atoms. The number of fused-ring (bicyclic) bond motifs is 1. The molecule has 0 unspecified atom stereocenters. The number of amides is 8. The molecule has 0 bridgehead atoms. The lowest BCUT2D eigenvalue weighted by Gasteiger charge is -2.28. The molecule has 1 fully saturated rings. The Bertz CT molecular complexity index is 2570. The molecule has 1 aliphatic heterocycles. The minimum Gasteiger partial charge on any atom is -0.480 e. The third kappa shape index (κ3) is 20.7. The van der Waals surface area contributed by atoms with Crippen LogP contribution in [0.15, 0.2) is 64.7 Å². The number of carboxylic acids is 1. The predicted octanol–water partition coefficient (Wildman–Crippen LogP) is -2.36. The van der Waals surface area contributed by atoms with Gasteiger partial charge in [-0.05, 0) is 93.7 Å². The maximum absolute atomic E-state index is 14.7. The molecule has 0 saturated carbocycles. The first kappa shape index (κ1) is 60.6. The normalized spacial score (nSPS) is 21.0. The number of aliphatic imine (C=N–C) groups is 2. The number of benzene rings is 2. The Balaban J connectivity index is 1.78. The van der Waals surface area contributed by atoms with Crippen molar-refractivity contribution < 1.29 is 48.3 Å². The zero-order valence-corrected chi connectivity index (χ0v) is 43.1. The number of nitrogens with two attached hydrogens (primary N) is 5. The van der Waals surface area contributed by atoms with Gasteiger partial charge in [-0.25, -0.2) is 4.79 Å². The highest BCUT2D eigenvalue weighted by molar-refractivity contribution is 6.30. The van der Waals surface area contributed by atoms with Crippen LogP contribution >= 0.6 is 11.6 Å². The van der Waals surface area contributed by atoms with Gasteiger partial charge in [-0.2, -0.15) is 0 Å². The number of guanidine groups is 2. The minimum atomic E-state index is -1.49. The average Bonchev–Trinajstić information content (AvgIpc) is 3.77. The fourth-order valence-corrected chi connectivity index (χ4v) is 8.49. The highest BCUT2D eigenvalue weighted by Crippen LogP contribution is 2.20. The SMILES string of the molecule is CC(=O)N[C@@H](CCCN=C(N)N)C(=O)N[C@H]1CCC(=O)NCCC[C@@H](C(=O)O)NC(=O)[C@H](Cc2c[nH]c3ccccc23)NC(=O)[C@H](CCCN=C(N)N)NC(=O)[C@@H](Cc2cccc(Cl)c2)NC(=O)[C@H](CCCN)NC1=O. The van der Waals surface area contributed by atoms with Crippen molar-refractivity contribution in [3.63, 3.8) is 0 Å². The maximum Gasteiger partial charge on any atom is 0.326 e. The summed E-state index contributed by atoms with van der Waals surface area (Å²) in [6.45, 7) is 1.34. The number of halogens is 1. The van der Waals surface area contributed by atoms with Crippen molar-refractivity contribution in [1.29, 1.82) is 0 Å². The van der Waals surface area contributed by atoms with Crippen LogP contribution < -0.4 is 71.2 Å². The van der Waals surface area contributed by atoms with E-state index in [4.69, 9.17) is 40.3 Å². The molecule has 27 heteroatoms. The number of nitrogens with one attached hydrogen (secondary N) is 9. The lowest BCUT2D eigenvalue weighted by molar-refractivity contribution is -0.142. The van der Waals surface area contributed by atoms with Gasteiger partial charge in [-0.3, -0.25) is 48.3 Å².